The van der Waals surface area contributed by atoms with Crippen molar-refractivity contribution >= 4 is 5.91 Å². The van der Waals surface area contributed by atoms with Crippen molar-refractivity contribution in [1.82, 2.24) is 15.5 Å². The van der Waals surface area contributed by atoms with Crippen LogP contribution >= 0.6 is 0 Å². The number of amides is 1. The molecule has 1 aromatic heterocycles. The Hall–Kier alpha value is -2.64. The molecule has 0 fully saturated rings. The maximum absolute atomic E-state index is 12.6. The van der Waals surface area contributed by atoms with Gasteiger partial charge in [-0.15, -0.1) is 0 Å². The molecule has 1 amide bonds. The lowest BCUT2D eigenvalue weighted by Crippen LogP contribution is -2.38. The van der Waals surface area contributed by atoms with Crippen molar-refractivity contribution in [3.63, 3.8) is 0 Å². The van der Waals surface area contributed by atoms with Crippen LogP contribution in [0.3, 0.4) is 0 Å². The first-order valence-corrected chi connectivity index (χ1v) is 7.51. The van der Waals surface area contributed by atoms with Crippen molar-refractivity contribution in [3.05, 3.63) is 41.2 Å². The maximum atomic E-state index is 12.6. The number of nitrogens with zero attached hydrogens (tertiary/aromatic N) is 1. The molecule has 3 rings (SSSR count). The van der Waals surface area contributed by atoms with Crippen molar-refractivity contribution in [2.75, 3.05) is 7.11 Å². The van der Waals surface area contributed by atoms with E-state index in [0.29, 0.717) is 12.2 Å². The second-order valence-electron chi connectivity index (χ2n) is 5.53. The van der Waals surface area contributed by atoms with E-state index in [4.69, 9.17) is 4.74 Å². The predicted molar refractivity (Wildman–Crippen MR) is 81.5 cm³/mol. The molecule has 2 aromatic rings. The van der Waals surface area contributed by atoms with E-state index >= 15 is 0 Å². The number of hydrogen-bond donors (Lipinski definition) is 2. The van der Waals surface area contributed by atoms with Crippen LogP contribution in [0.4, 0.5) is 8.78 Å². The summed E-state index contributed by atoms with van der Waals surface area (Å²) in [5.74, 6) is -0.324. The van der Waals surface area contributed by atoms with Gasteiger partial charge >= 0.3 is 6.61 Å². The van der Waals surface area contributed by atoms with Gasteiger partial charge in [0.05, 0.1) is 18.9 Å². The van der Waals surface area contributed by atoms with Crippen molar-refractivity contribution in [3.8, 4) is 11.5 Å². The molecule has 0 bridgehead atoms. The zero-order chi connectivity index (χ0) is 17.1. The molecule has 128 valence electrons. The van der Waals surface area contributed by atoms with Gasteiger partial charge in [-0.2, -0.15) is 13.9 Å². The maximum Gasteiger partial charge on any atom is 0.387 e. The largest absolute Gasteiger partial charge is 0.497 e. The molecule has 1 aromatic carbocycles. The number of aromatic amines is 1. The van der Waals surface area contributed by atoms with Crippen LogP contribution in [0, 0.1) is 0 Å². The molecule has 2 N–H and O–H groups in total. The van der Waals surface area contributed by atoms with E-state index in [9.17, 15) is 13.6 Å². The second-order valence-corrected chi connectivity index (χ2v) is 5.53. The van der Waals surface area contributed by atoms with Crippen molar-refractivity contribution < 1.29 is 23.0 Å². The Morgan fingerprint density at radius 1 is 1.46 bits per heavy atom. The summed E-state index contributed by atoms with van der Waals surface area (Å²) in [4.78, 5) is 12.5. The number of aromatic nitrogens is 2. The van der Waals surface area contributed by atoms with E-state index in [1.54, 1.807) is 6.20 Å². The fraction of sp³-hybridized carbons (Fsp3) is 0.375. The minimum Gasteiger partial charge on any atom is -0.497 e. The third-order valence-electron chi connectivity index (χ3n) is 4.00. The number of fused-ring (bicyclic) bond motifs is 1. The average Bonchev–Trinajstić information content (AvgIpc) is 3.01. The molecule has 1 aliphatic carbocycles. The van der Waals surface area contributed by atoms with Gasteiger partial charge in [0, 0.05) is 17.8 Å². The lowest BCUT2D eigenvalue weighted by Gasteiger charge is -2.23. The smallest absolute Gasteiger partial charge is 0.387 e. The molecule has 24 heavy (non-hydrogen) atoms. The predicted octanol–water partition coefficient (Wildman–Crippen LogP) is 2.31. The number of hydrogen-bond acceptors (Lipinski definition) is 4. The van der Waals surface area contributed by atoms with Crippen LogP contribution in [0.2, 0.25) is 0 Å². The Morgan fingerprint density at radius 2 is 2.29 bits per heavy atom. The van der Waals surface area contributed by atoms with Crippen molar-refractivity contribution in [2.24, 2.45) is 0 Å². The third-order valence-corrected chi connectivity index (χ3v) is 4.00. The summed E-state index contributed by atoms with van der Waals surface area (Å²) >= 11 is 0. The number of H-pyrrole nitrogens is 1. The highest BCUT2D eigenvalue weighted by Crippen LogP contribution is 2.27. The number of benzene rings is 1. The summed E-state index contributed by atoms with van der Waals surface area (Å²) in [7, 11) is 1.41. The molecule has 0 aliphatic heterocycles. The Labute approximate surface area is 137 Å². The standard InChI is InChI=1S/C16H17F2N3O3/c1-23-11-3-4-12(14(7-11)24-16(17)18)15(22)20-10-2-5-13-9(6-10)8-19-21-13/h3-4,7-8,10,16H,2,5-6H2,1H3,(H,19,21)(H,20,22). The van der Waals surface area contributed by atoms with E-state index in [1.165, 1.54) is 25.3 Å². The third kappa shape index (κ3) is 3.47. The van der Waals surface area contributed by atoms with Crippen molar-refractivity contribution in [1.29, 1.82) is 0 Å². The zero-order valence-corrected chi connectivity index (χ0v) is 13.0. The van der Waals surface area contributed by atoms with Crippen LogP contribution < -0.4 is 14.8 Å². The van der Waals surface area contributed by atoms with Gasteiger partial charge in [-0.05, 0) is 37.0 Å². The summed E-state index contributed by atoms with van der Waals surface area (Å²) < 4.78 is 34.6. The second kappa shape index (κ2) is 6.86. The number of carbonyl (C=O) groups excluding carboxylic acids is 1. The van der Waals surface area contributed by atoms with E-state index in [2.05, 4.69) is 20.3 Å². The van der Waals surface area contributed by atoms with Gasteiger partial charge in [-0.3, -0.25) is 9.89 Å². The molecule has 0 spiro atoms. The normalized spacial score (nSPS) is 16.6. The number of alkyl halides is 2. The first kappa shape index (κ1) is 16.2. The van der Waals surface area contributed by atoms with Crippen LogP contribution in [-0.2, 0) is 12.8 Å². The quantitative estimate of drug-likeness (QED) is 0.878. The monoisotopic (exact) mass is 337 g/mol. The molecule has 1 heterocycles. The van der Waals surface area contributed by atoms with Crippen LogP contribution in [0.15, 0.2) is 24.4 Å². The average molecular weight is 337 g/mol. The Kier molecular flexibility index (Phi) is 4.64. The molecular formula is C16H17F2N3O3. The van der Waals surface area contributed by atoms with Crippen molar-refractivity contribution in [2.45, 2.75) is 31.9 Å². The molecule has 8 heteroatoms. The van der Waals surface area contributed by atoms with Gasteiger partial charge in [-0.25, -0.2) is 0 Å². The Balaban J connectivity index is 1.75. The SMILES string of the molecule is COc1ccc(C(=O)NC2CCc3[nH]ncc3C2)c(OC(F)F)c1. The van der Waals surface area contributed by atoms with E-state index in [1.807, 2.05) is 0 Å². The fourth-order valence-electron chi connectivity index (χ4n) is 2.81. The first-order chi connectivity index (χ1) is 11.6. The number of ether oxygens (including phenoxy) is 2. The lowest BCUT2D eigenvalue weighted by molar-refractivity contribution is -0.0502. The van der Waals surface area contributed by atoms with Crippen LogP contribution in [-0.4, -0.2) is 35.9 Å². The van der Waals surface area contributed by atoms with Gasteiger partial charge in [0.2, 0.25) is 0 Å². The summed E-state index contributed by atoms with van der Waals surface area (Å²) in [6.45, 7) is -3.02. The van der Waals surface area contributed by atoms with E-state index in [0.717, 1.165) is 24.1 Å². The molecule has 0 saturated heterocycles. The summed E-state index contributed by atoms with van der Waals surface area (Å²) in [6.07, 6.45) is 3.93. The Bertz CT molecular complexity index is 733. The fourth-order valence-corrected chi connectivity index (χ4v) is 2.81. The lowest BCUT2D eigenvalue weighted by atomic mass is 9.93. The van der Waals surface area contributed by atoms with Crippen LogP contribution in [0.25, 0.3) is 0 Å². The highest BCUT2D eigenvalue weighted by atomic mass is 19.3. The number of methoxy groups -OCH3 is 1. The van der Waals surface area contributed by atoms with Gasteiger partial charge in [0.15, 0.2) is 0 Å². The topological polar surface area (TPSA) is 76.2 Å². The minimum atomic E-state index is -3.02. The number of nitrogens with one attached hydrogen (secondary N) is 2. The number of aryl methyl sites for hydroxylation is 1. The number of carbonyl (C=O) groups is 1. The molecular weight excluding hydrogens is 320 g/mol. The molecule has 6 nitrogen and oxygen atoms in total. The van der Waals surface area contributed by atoms with Gasteiger partial charge in [0.25, 0.3) is 5.91 Å². The van der Waals surface area contributed by atoms with Crippen LogP contribution in [0.5, 0.6) is 11.5 Å². The van der Waals surface area contributed by atoms with E-state index < -0.39 is 12.5 Å². The highest BCUT2D eigenvalue weighted by molar-refractivity contribution is 5.97. The first-order valence-electron chi connectivity index (χ1n) is 7.51. The summed E-state index contributed by atoms with van der Waals surface area (Å²) in [6, 6.07) is 4.14. The van der Waals surface area contributed by atoms with Gasteiger partial charge in [-0.1, -0.05) is 0 Å². The number of halogens is 2. The number of rotatable bonds is 5. The molecule has 0 saturated carbocycles. The Morgan fingerprint density at radius 3 is 3.04 bits per heavy atom. The summed E-state index contributed by atoms with van der Waals surface area (Å²) in [5.41, 5.74) is 2.19. The van der Waals surface area contributed by atoms with E-state index in [-0.39, 0.29) is 17.4 Å². The van der Waals surface area contributed by atoms with Crippen LogP contribution in [0.1, 0.15) is 28.0 Å². The zero-order valence-electron chi connectivity index (χ0n) is 13.0. The highest BCUT2D eigenvalue weighted by Gasteiger charge is 2.24. The molecule has 1 aliphatic rings. The minimum absolute atomic E-state index is 0.0501. The molecule has 1 unspecified atom stereocenters. The van der Waals surface area contributed by atoms with Gasteiger partial charge in [0.1, 0.15) is 11.5 Å². The molecule has 0 radical (unpaired) electrons. The molecule has 1 atom stereocenters. The van der Waals surface area contributed by atoms with Gasteiger partial charge < -0.3 is 14.8 Å². The summed E-state index contributed by atoms with van der Waals surface area (Å²) in [5, 5.41) is 9.78.